The summed E-state index contributed by atoms with van der Waals surface area (Å²) < 4.78 is 0. The third kappa shape index (κ3) is 7.62. The Morgan fingerprint density at radius 1 is 0.941 bits per heavy atom. The number of aliphatic hydroxyl groups excluding tert-OH is 2. The van der Waals surface area contributed by atoms with Crippen molar-refractivity contribution in [2.24, 2.45) is 11.1 Å². The van der Waals surface area contributed by atoms with Gasteiger partial charge in [-0.1, -0.05) is 50.6 Å². The van der Waals surface area contributed by atoms with E-state index < -0.39 is 30.1 Å². The first-order valence-electron chi connectivity index (χ1n) is 10.4. The van der Waals surface area contributed by atoms with Crippen molar-refractivity contribution in [1.82, 2.24) is 4.98 Å². The maximum Gasteiger partial charge on any atom is 0.338 e. The average Bonchev–Trinajstić information content (AvgIpc) is 2.71. The molecule has 2 unspecified atom stereocenters. The monoisotopic (exact) mass is 476 g/mol. The first-order valence-corrected chi connectivity index (χ1v) is 10.4. The molecule has 2 aromatic rings. The van der Waals surface area contributed by atoms with Crippen molar-refractivity contribution in [2.45, 2.75) is 59.8 Å². The van der Waals surface area contributed by atoms with Crippen molar-refractivity contribution in [3.63, 3.8) is 0 Å². The van der Waals surface area contributed by atoms with Crippen LogP contribution >= 0.6 is 0 Å². The summed E-state index contributed by atoms with van der Waals surface area (Å²) in [6.45, 7) is 10.5. The zero-order valence-corrected chi connectivity index (χ0v) is 19.9. The van der Waals surface area contributed by atoms with Gasteiger partial charge in [-0.05, 0) is 36.8 Å². The number of carbonyl (C=O) groups is 3. The molecule has 0 saturated carbocycles. The second-order valence-corrected chi connectivity index (χ2v) is 9.05. The maximum absolute atomic E-state index is 11.9. The Bertz CT molecular complexity index is 1020. The Labute approximate surface area is 197 Å². The van der Waals surface area contributed by atoms with Gasteiger partial charge in [0.25, 0.3) is 0 Å². The lowest BCUT2D eigenvalue weighted by Crippen LogP contribution is -2.39. The van der Waals surface area contributed by atoms with Crippen LogP contribution in [0.5, 0.6) is 0 Å². The Morgan fingerprint density at radius 2 is 1.41 bits per heavy atom. The van der Waals surface area contributed by atoms with Crippen LogP contribution in [-0.2, 0) is 22.6 Å². The maximum atomic E-state index is 11.9. The molecular weight excluding hydrogens is 444 g/mol. The van der Waals surface area contributed by atoms with Crippen LogP contribution in [0.3, 0.4) is 0 Å². The van der Waals surface area contributed by atoms with E-state index in [2.05, 4.69) is 25.8 Å². The Balaban J connectivity index is 0.000000489. The van der Waals surface area contributed by atoms with Crippen molar-refractivity contribution in [2.75, 3.05) is 0 Å². The minimum Gasteiger partial charge on any atom is -0.479 e. The second kappa shape index (κ2) is 11.7. The van der Waals surface area contributed by atoms with Gasteiger partial charge in [-0.2, -0.15) is 0 Å². The van der Waals surface area contributed by atoms with E-state index >= 15 is 0 Å². The molecule has 0 radical (unpaired) electrons. The standard InChI is InChI=1S/C20H26N2O2.C4H6O6/c1-12-6-8-14(9-7-12)18-15(11-21)16(10-20(3,4)5)22-13(2)17(18)19(23)24;5-1(3(7)8)2(6)4(9)10/h6-9H,10-11,21H2,1-5H3,(H,23,24);1-2,5-6H,(H,7,8)(H,9,10). The van der Waals surface area contributed by atoms with E-state index in [1.54, 1.807) is 6.92 Å². The molecule has 0 spiro atoms. The molecule has 186 valence electrons. The topological polar surface area (TPSA) is 191 Å². The third-order valence-corrected chi connectivity index (χ3v) is 4.83. The SMILES string of the molecule is Cc1ccc(-c2c(CN)c(CC(C)(C)C)nc(C)c2C(=O)O)cc1.O=C(O)C(O)C(O)C(=O)O. The van der Waals surface area contributed by atoms with E-state index in [0.717, 1.165) is 28.8 Å². The number of aromatic nitrogens is 1. The summed E-state index contributed by atoms with van der Waals surface area (Å²) in [5, 5.41) is 42.3. The Hall–Kier alpha value is -3.34. The van der Waals surface area contributed by atoms with Crippen LogP contribution in [0.15, 0.2) is 24.3 Å². The molecule has 1 aromatic carbocycles. The first kappa shape index (κ1) is 28.7. The number of aromatic carboxylic acids is 1. The molecule has 7 N–H and O–H groups in total. The average molecular weight is 477 g/mol. The molecule has 0 amide bonds. The van der Waals surface area contributed by atoms with Gasteiger partial charge in [0.1, 0.15) is 0 Å². The minimum atomic E-state index is -2.27. The van der Waals surface area contributed by atoms with Crippen LogP contribution in [-0.4, -0.2) is 60.6 Å². The highest BCUT2D eigenvalue weighted by Crippen LogP contribution is 2.34. The van der Waals surface area contributed by atoms with Gasteiger partial charge in [-0.15, -0.1) is 0 Å². The second-order valence-electron chi connectivity index (χ2n) is 9.05. The molecule has 10 nitrogen and oxygen atoms in total. The summed E-state index contributed by atoms with van der Waals surface area (Å²) in [5.74, 6) is -4.50. The molecule has 1 aromatic heterocycles. The number of nitrogens with zero attached hydrogens (tertiary/aromatic N) is 1. The summed E-state index contributed by atoms with van der Waals surface area (Å²) in [6, 6.07) is 7.88. The molecule has 0 aliphatic heterocycles. The number of benzene rings is 1. The van der Waals surface area contributed by atoms with Gasteiger partial charge in [0.05, 0.1) is 11.3 Å². The largest absolute Gasteiger partial charge is 0.479 e. The van der Waals surface area contributed by atoms with Crippen LogP contribution in [0.25, 0.3) is 11.1 Å². The molecule has 10 heteroatoms. The predicted molar refractivity (Wildman–Crippen MR) is 124 cm³/mol. The smallest absolute Gasteiger partial charge is 0.338 e. The number of rotatable bonds is 7. The van der Waals surface area contributed by atoms with E-state index in [1.165, 1.54) is 0 Å². The van der Waals surface area contributed by atoms with Gasteiger partial charge in [0.15, 0.2) is 12.2 Å². The van der Waals surface area contributed by atoms with Crippen LogP contribution in [0.2, 0.25) is 0 Å². The Morgan fingerprint density at radius 3 is 1.76 bits per heavy atom. The normalized spacial score (nSPS) is 12.8. The van der Waals surface area contributed by atoms with E-state index in [0.29, 0.717) is 11.3 Å². The van der Waals surface area contributed by atoms with Crippen molar-refractivity contribution in [1.29, 1.82) is 0 Å². The molecule has 0 fully saturated rings. The van der Waals surface area contributed by atoms with Gasteiger partial charge >= 0.3 is 17.9 Å². The predicted octanol–water partition coefficient (Wildman–Crippen LogP) is 1.99. The number of carboxylic acids is 3. The number of aryl methyl sites for hydroxylation is 2. The molecule has 2 rings (SSSR count). The number of hydrogen-bond acceptors (Lipinski definition) is 7. The fourth-order valence-electron chi connectivity index (χ4n) is 3.24. The molecule has 0 aliphatic carbocycles. The lowest BCUT2D eigenvalue weighted by molar-refractivity contribution is -0.165. The first-order chi connectivity index (χ1) is 15.6. The molecule has 34 heavy (non-hydrogen) atoms. The molecular formula is C24H32N2O8. The number of aliphatic carboxylic acids is 2. The summed E-state index contributed by atoms with van der Waals surface area (Å²) in [7, 11) is 0. The zero-order valence-electron chi connectivity index (χ0n) is 19.9. The number of carboxylic acid groups (broad SMARTS) is 3. The Kier molecular flexibility index (Phi) is 9.86. The highest BCUT2D eigenvalue weighted by molar-refractivity contribution is 5.98. The lowest BCUT2D eigenvalue weighted by Gasteiger charge is -2.23. The molecule has 0 bridgehead atoms. The fraction of sp³-hybridized carbons (Fsp3) is 0.417. The van der Waals surface area contributed by atoms with Crippen LogP contribution in [0.1, 0.15) is 53.6 Å². The molecule has 0 aliphatic rings. The zero-order chi connectivity index (χ0) is 26.4. The summed E-state index contributed by atoms with van der Waals surface area (Å²) in [6.07, 6.45) is -3.78. The van der Waals surface area contributed by atoms with Crippen molar-refractivity contribution in [3.05, 3.63) is 52.3 Å². The summed E-state index contributed by atoms with van der Waals surface area (Å²) in [4.78, 5) is 36.0. The highest BCUT2D eigenvalue weighted by Gasteiger charge is 2.29. The van der Waals surface area contributed by atoms with Gasteiger partial charge in [0.2, 0.25) is 0 Å². The van der Waals surface area contributed by atoms with E-state index in [1.807, 2.05) is 31.2 Å². The number of hydrogen-bond donors (Lipinski definition) is 6. The minimum absolute atomic E-state index is 0.0403. The van der Waals surface area contributed by atoms with E-state index in [4.69, 9.17) is 26.2 Å². The van der Waals surface area contributed by atoms with Crippen LogP contribution in [0, 0.1) is 19.3 Å². The van der Waals surface area contributed by atoms with Gasteiger partial charge in [-0.3, -0.25) is 4.98 Å². The van der Waals surface area contributed by atoms with Gasteiger partial charge in [0, 0.05) is 17.8 Å². The number of nitrogens with two attached hydrogens (primary N) is 1. The van der Waals surface area contributed by atoms with Crippen molar-refractivity contribution in [3.8, 4) is 11.1 Å². The van der Waals surface area contributed by atoms with Crippen molar-refractivity contribution < 1.29 is 39.9 Å². The number of pyridine rings is 1. The molecule has 2 atom stereocenters. The molecule has 1 heterocycles. The third-order valence-electron chi connectivity index (χ3n) is 4.83. The summed E-state index contributed by atoms with van der Waals surface area (Å²) in [5.41, 5.74) is 11.3. The lowest BCUT2D eigenvalue weighted by atomic mass is 9.85. The van der Waals surface area contributed by atoms with Crippen LogP contribution in [0.4, 0.5) is 0 Å². The van der Waals surface area contributed by atoms with E-state index in [9.17, 15) is 19.5 Å². The summed E-state index contributed by atoms with van der Waals surface area (Å²) >= 11 is 0. The van der Waals surface area contributed by atoms with E-state index in [-0.39, 0.29) is 17.5 Å². The van der Waals surface area contributed by atoms with Crippen LogP contribution < -0.4 is 5.73 Å². The quantitative estimate of drug-likeness (QED) is 0.344. The highest BCUT2D eigenvalue weighted by atomic mass is 16.4. The van der Waals surface area contributed by atoms with Crippen molar-refractivity contribution >= 4 is 17.9 Å². The van der Waals surface area contributed by atoms with Gasteiger partial charge < -0.3 is 31.3 Å². The number of aliphatic hydroxyl groups is 2. The fourth-order valence-corrected chi connectivity index (χ4v) is 3.24. The van der Waals surface area contributed by atoms with Gasteiger partial charge in [-0.25, -0.2) is 14.4 Å². The molecule has 0 saturated heterocycles.